The Balaban J connectivity index is 1.68. The number of amides is 1. The Kier molecular flexibility index (Phi) is 6.22. The summed E-state index contributed by atoms with van der Waals surface area (Å²) in [5.41, 5.74) is 6.34. The number of carbonyl (C=O) groups excluding carboxylic acids is 1. The van der Waals surface area contributed by atoms with E-state index in [9.17, 15) is 18.0 Å². The first-order valence-corrected chi connectivity index (χ1v) is 15.9. The van der Waals surface area contributed by atoms with Gasteiger partial charge in [0.2, 0.25) is 11.7 Å². The molecule has 2 aliphatic heterocycles. The molecule has 0 bridgehead atoms. The first-order valence-electron chi connectivity index (χ1n) is 13.0. The second-order valence-electron chi connectivity index (χ2n) is 10.8. The molecule has 4 aromatic rings. The fraction of sp³-hybridized carbons (Fsp3) is 0.250. The number of quaternary nitrogens is 1. The number of sulfone groups is 1. The minimum absolute atomic E-state index is 0.0417. The van der Waals surface area contributed by atoms with Crippen molar-refractivity contribution >= 4 is 48.0 Å². The summed E-state index contributed by atoms with van der Waals surface area (Å²) in [6.07, 6.45) is 5.18. The van der Waals surface area contributed by atoms with Crippen LogP contribution in [0.4, 0.5) is 15.9 Å². The number of anilines is 1. The number of hydrogen-bond acceptors (Lipinski definition) is 8. The summed E-state index contributed by atoms with van der Waals surface area (Å²) in [6.45, 7) is 8.54. The molecule has 42 heavy (non-hydrogen) atoms. The third-order valence-corrected chi connectivity index (χ3v) is 11.3. The van der Waals surface area contributed by atoms with Gasteiger partial charge in [0.1, 0.15) is 11.1 Å². The van der Waals surface area contributed by atoms with Crippen molar-refractivity contribution in [3.8, 4) is 16.9 Å². The maximum atomic E-state index is 15.9. The van der Waals surface area contributed by atoms with Crippen molar-refractivity contribution in [3.05, 3.63) is 77.2 Å². The Hall–Kier alpha value is -4.27. The monoisotopic (exact) mass is 604 g/mol. The number of para-hydroxylation sites is 1. The van der Waals surface area contributed by atoms with Crippen LogP contribution in [0.5, 0.6) is 0 Å². The van der Waals surface area contributed by atoms with Gasteiger partial charge < -0.3 is 14.8 Å². The molecule has 3 aromatic heterocycles. The van der Waals surface area contributed by atoms with E-state index < -0.39 is 26.5 Å². The first-order chi connectivity index (χ1) is 19.8. The van der Waals surface area contributed by atoms with Gasteiger partial charge in [-0.1, -0.05) is 18.7 Å². The summed E-state index contributed by atoms with van der Waals surface area (Å²) in [7, 11) is -3.54. The summed E-state index contributed by atoms with van der Waals surface area (Å²) >= 11 is 0. The summed E-state index contributed by atoms with van der Waals surface area (Å²) in [5, 5.41) is -0.181. The van der Waals surface area contributed by atoms with Gasteiger partial charge in [-0.25, -0.2) is 27.2 Å². The molecule has 2 atom stereocenters. The second kappa shape index (κ2) is 9.37. The van der Waals surface area contributed by atoms with E-state index >= 15 is 4.39 Å². The molecule has 1 amide bonds. The van der Waals surface area contributed by atoms with E-state index in [1.807, 2.05) is 6.92 Å². The highest BCUT2D eigenvalue weighted by Gasteiger charge is 2.75. The van der Waals surface area contributed by atoms with Gasteiger partial charge in [0.25, 0.3) is 0 Å². The normalized spacial score (nSPS) is 21.7. The molecule has 0 aliphatic carbocycles. The van der Waals surface area contributed by atoms with Crippen molar-refractivity contribution in [1.29, 1.82) is 0 Å². The summed E-state index contributed by atoms with van der Waals surface area (Å²) in [6, 6.07) is 7.47. The van der Waals surface area contributed by atoms with Gasteiger partial charge in [-0.2, -0.15) is 0 Å². The average molecular weight is 605 g/mol. The van der Waals surface area contributed by atoms with E-state index in [4.69, 9.17) is 5.73 Å². The molecule has 11 nitrogen and oxygen atoms in total. The Morgan fingerprint density at radius 1 is 1.29 bits per heavy atom. The number of rotatable bonds is 5. The lowest BCUT2D eigenvalue weighted by Crippen LogP contribution is -2.55. The number of nitrogens with zero attached hydrogens (tertiary/aromatic N) is 6. The number of fused-ring (bicyclic) bond motifs is 2. The lowest BCUT2D eigenvalue weighted by Gasteiger charge is -2.36. The number of carbonyl (C=O) groups is 1. The first kappa shape index (κ1) is 27.9. The molecule has 2 saturated heterocycles. The molecule has 1 unspecified atom stereocenters. The van der Waals surface area contributed by atoms with E-state index in [1.54, 1.807) is 24.0 Å². The Labute approximate surface area is 243 Å². The number of aryl methyl sites for hydroxylation is 1. The standard InChI is InChI=1S/C28H27FN7O4SSi/c1-5-22(37)34-11-12-36(28(3,15-34)42-36)26-17-13-19(29)23(18-14-31-10-9-20(18)30)32-25(17)35(27(38)33-26)24-16(2)7-6-8-21(24)41(4,39)40/h5-10,13-14H,1,11-12,15H2,2-4H3,(H2,30,31)/q+1/t28-,36?/m0/s1. The van der Waals surface area contributed by atoms with E-state index in [0.29, 0.717) is 31.0 Å². The number of halogens is 1. The Bertz CT molecular complexity index is 2020. The van der Waals surface area contributed by atoms with Gasteiger partial charge in [-0.05, 0) is 43.7 Å². The SMILES string of the molecule is C=CC(=O)N1CC[N+]2(c3nc(=O)n(-c4c(C)cccc4S(C)(=O)=O)c4nc(-c5cnccc5N)c(F)cc34)[Si][C@@]2(C)C1. The number of pyridine rings is 2. The summed E-state index contributed by atoms with van der Waals surface area (Å²) in [4.78, 5) is 41.2. The quantitative estimate of drug-likeness (QED) is 0.207. The maximum Gasteiger partial charge on any atom is 0.471 e. The molecular formula is C28H27FN7O4SSi+. The highest BCUT2D eigenvalue weighted by atomic mass is 32.2. The zero-order valence-corrected chi connectivity index (χ0v) is 24.9. The molecule has 2 radical (unpaired) electrons. The number of benzene rings is 1. The van der Waals surface area contributed by atoms with E-state index in [0.717, 1.165) is 10.8 Å². The molecule has 0 spiro atoms. The number of aromatic nitrogens is 4. The largest absolute Gasteiger partial charge is 0.471 e. The molecule has 0 saturated carbocycles. The highest BCUT2D eigenvalue weighted by Crippen LogP contribution is 2.49. The van der Waals surface area contributed by atoms with Gasteiger partial charge in [0, 0.05) is 29.9 Å². The average Bonchev–Trinajstić information content (AvgIpc) is 3.58. The van der Waals surface area contributed by atoms with Gasteiger partial charge in [0.05, 0.1) is 30.2 Å². The fourth-order valence-electron chi connectivity index (χ4n) is 5.88. The van der Waals surface area contributed by atoms with Crippen molar-refractivity contribution in [2.75, 3.05) is 31.6 Å². The molecule has 1 aromatic carbocycles. The van der Waals surface area contributed by atoms with Crippen LogP contribution < -0.4 is 15.6 Å². The molecule has 2 fully saturated rings. The van der Waals surface area contributed by atoms with E-state index in [2.05, 4.69) is 21.5 Å². The van der Waals surface area contributed by atoms with Crippen molar-refractivity contribution in [3.63, 3.8) is 0 Å². The van der Waals surface area contributed by atoms with Gasteiger partial charge in [-0.3, -0.25) is 9.78 Å². The van der Waals surface area contributed by atoms with Crippen LogP contribution in [0.1, 0.15) is 12.5 Å². The molecule has 214 valence electrons. The lowest BCUT2D eigenvalue weighted by molar-refractivity contribution is -0.127. The molecular weight excluding hydrogens is 578 g/mol. The molecule has 2 aliphatic rings. The number of piperazine rings is 1. The topological polar surface area (TPSA) is 141 Å². The molecule has 14 heteroatoms. The van der Waals surface area contributed by atoms with Crippen LogP contribution in [-0.4, -0.2) is 79.5 Å². The van der Waals surface area contributed by atoms with Gasteiger partial charge >= 0.3 is 15.4 Å². The maximum absolute atomic E-state index is 15.9. The number of nitrogens with two attached hydrogens (primary N) is 1. The predicted octanol–water partition coefficient (Wildman–Crippen LogP) is 1.96. The second-order valence-corrected chi connectivity index (χ2v) is 14.8. The van der Waals surface area contributed by atoms with Crippen molar-refractivity contribution in [1.82, 2.24) is 28.6 Å². The number of hydrogen-bond donors (Lipinski definition) is 1. The smallest absolute Gasteiger partial charge is 0.398 e. The zero-order chi connectivity index (χ0) is 30.2. The van der Waals surface area contributed by atoms with Crippen molar-refractivity contribution < 1.29 is 17.6 Å². The fourth-order valence-corrected chi connectivity index (χ4v) is 8.62. The molecule has 5 heterocycles. The summed E-state index contributed by atoms with van der Waals surface area (Å²) < 4.78 is 43.1. The Morgan fingerprint density at radius 2 is 2.05 bits per heavy atom. The third-order valence-electron chi connectivity index (χ3n) is 8.01. The minimum atomic E-state index is -3.80. The van der Waals surface area contributed by atoms with Crippen LogP contribution in [0.3, 0.4) is 0 Å². The predicted molar refractivity (Wildman–Crippen MR) is 158 cm³/mol. The minimum Gasteiger partial charge on any atom is -0.398 e. The van der Waals surface area contributed by atoms with E-state index in [1.165, 1.54) is 36.7 Å². The van der Waals surface area contributed by atoms with Crippen molar-refractivity contribution in [2.24, 2.45) is 0 Å². The molecule has 2 N–H and O–H groups in total. The summed E-state index contributed by atoms with van der Waals surface area (Å²) in [5.74, 6) is -0.545. The number of nitrogen functional groups attached to an aromatic ring is 1. The van der Waals surface area contributed by atoms with Crippen LogP contribution >= 0.6 is 0 Å². The van der Waals surface area contributed by atoms with Gasteiger partial charge in [-0.15, -0.1) is 4.98 Å². The van der Waals surface area contributed by atoms with Crippen LogP contribution in [-0.2, 0) is 14.6 Å². The lowest BCUT2D eigenvalue weighted by atomic mass is 10.1. The van der Waals surface area contributed by atoms with Crippen LogP contribution in [0.2, 0.25) is 0 Å². The van der Waals surface area contributed by atoms with Crippen molar-refractivity contribution in [2.45, 2.75) is 23.9 Å². The third kappa shape index (κ3) is 4.08. The van der Waals surface area contributed by atoms with E-state index in [-0.39, 0.29) is 58.3 Å². The Morgan fingerprint density at radius 3 is 2.71 bits per heavy atom. The van der Waals surface area contributed by atoms with Gasteiger partial charge in [0.15, 0.2) is 26.5 Å². The van der Waals surface area contributed by atoms with Crippen LogP contribution in [0.15, 0.2) is 65.1 Å². The molecule has 6 rings (SSSR count). The van der Waals surface area contributed by atoms with Crippen LogP contribution in [0.25, 0.3) is 28.0 Å². The highest BCUT2D eigenvalue weighted by molar-refractivity contribution is 7.90. The van der Waals surface area contributed by atoms with Crippen LogP contribution in [0, 0.1) is 12.7 Å². The zero-order valence-electron chi connectivity index (χ0n) is 23.1.